The van der Waals surface area contributed by atoms with E-state index < -0.39 is 0 Å². The minimum Gasteiger partial charge on any atom is -0.375 e. The molecule has 3 aliphatic heterocycles. The summed E-state index contributed by atoms with van der Waals surface area (Å²) in [5.74, 6) is 2.10. The molecule has 0 aromatic carbocycles. The van der Waals surface area contributed by atoms with Crippen LogP contribution in [0, 0.1) is 5.92 Å². The number of piperidine rings is 1. The van der Waals surface area contributed by atoms with E-state index in [1.54, 1.807) is 7.11 Å². The highest BCUT2D eigenvalue weighted by atomic mass is 35.5. The minimum absolute atomic E-state index is 0. The van der Waals surface area contributed by atoms with E-state index in [-0.39, 0.29) is 24.8 Å². The van der Waals surface area contributed by atoms with Crippen molar-refractivity contribution >= 4 is 24.8 Å². The van der Waals surface area contributed by atoms with Crippen LogP contribution in [0.1, 0.15) is 24.6 Å². The Kier molecular flexibility index (Phi) is 7.19. The highest BCUT2D eigenvalue weighted by Crippen LogP contribution is 2.22. The van der Waals surface area contributed by atoms with E-state index in [1.165, 1.54) is 12.8 Å². The topological polar surface area (TPSA) is 63.4 Å². The lowest BCUT2D eigenvalue weighted by Gasteiger charge is -2.23. The summed E-state index contributed by atoms with van der Waals surface area (Å²) in [7, 11) is 1.63. The fraction of sp³-hybridized carbons (Fsp3) is 0.833. The van der Waals surface area contributed by atoms with E-state index in [9.17, 15) is 0 Å². The first kappa shape index (κ1) is 17.7. The Hall–Kier alpha value is -0.400. The lowest BCUT2D eigenvalue weighted by Crippen LogP contribution is -2.39. The van der Waals surface area contributed by atoms with Crippen LogP contribution in [-0.2, 0) is 17.9 Å². The fourth-order valence-electron chi connectivity index (χ4n) is 2.90. The molecule has 4 heterocycles. The minimum atomic E-state index is 0. The zero-order valence-electron chi connectivity index (χ0n) is 11.6. The van der Waals surface area contributed by atoms with Crippen molar-refractivity contribution in [3.63, 3.8) is 0 Å². The van der Waals surface area contributed by atoms with Gasteiger partial charge >= 0.3 is 0 Å². The predicted octanol–water partition coefficient (Wildman–Crippen LogP) is 1.24. The summed E-state index contributed by atoms with van der Waals surface area (Å²) >= 11 is 0. The van der Waals surface area contributed by atoms with Gasteiger partial charge in [-0.15, -0.1) is 24.8 Å². The molecule has 0 saturated carbocycles. The standard InChI is InChI=1S/C12H20N4O2.2ClH/c1-17-8-12-14-11(15-18-12)7-16-5-9-2-3-10(6-16)13-4-9;;/h9-10,13H,2-8H2,1H3;2*1H/t9-,10-;;/m0../s1. The molecule has 2 bridgehead atoms. The van der Waals surface area contributed by atoms with E-state index in [0.717, 1.165) is 37.9 Å². The maximum atomic E-state index is 5.12. The molecule has 116 valence electrons. The van der Waals surface area contributed by atoms with Crippen LogP contribution in [0.3, 0.4) is 0 Å². The average Bonchev–Trinajstić information content (AvgIpc) is 2.60. The van der Waals surface area contributed by atoms with Crippen LogP contribution < -0.4 is 5.32 Å². The smallest absolute Gasteiger partial charge is 0.252 e. The van der Waals surface area contributed by atoms with Crippen LogP contribution in [0.2, 0.25) is 0 Å². The number of aromatic nitrogens is 2. The molecule has 0 spiro atoms. The van der Waals surface area contributed by atoms with Crippen LogP contribution in [0.25, 0.3) is 0 Å². The van der Waals surface area contributed by atoms with Crippen molar-refractivity contribution in [2.75, 3.05) is 26.7 Å². The van der Waals surface area contributed by atoms with Gasteiger partial charge in [-0.05, 0) is 25.3 Å². The van der Waals surface area contributed by atoms with Crippen LogP contribution in [-0.4, -0.2) is 47.8 Å². The fourth-order valence-corrected chi connectivity index (χ4v) is 2.90. The first-order valence-corrected chi connectivity index (χ1v) is 6.59. The lowest BCUT2D eigenvalue weighted by molar-refractivity contribution is 0.151. The quantitative estimate of drug-likeness (QED) is 0.899. The van der Waals surface area contributed by atoms with Crippen molar-refractivity contribution in [1.29, 1.82) is 0 Å². The van der Waals surface area contributed by atoms with Gasteiger partial charge in [-0.1, -0.05) is 5.16 Å². The third-order valence-electron chi connectivity index (χ3n) is 3.76. The molecule has 0 unspecified atom stereocenters. The van der Waals surface area contributed by atoms with Crippen LogP contribution in [0.15, 0.2) is 4.52 Å². The zero-order chi connectivity index (χ0) is 12.4. The van der Waals surface area contributed by atoms with E-state index in [0.29, 0.717) is 18.5 Å². The number of rotatable bonds is 4. The number of nitrogens with one attached hydrogen (secondary N) is 1. The van der Waals surface area contributed by atoms with Crippen LogP contribution >= 0.6 is 24.8 Å². The van der Waals surface area contributed by atoms with Gasteiger partial charge < -0.3 is 14.6 Å². The van der Waals surface area contributed by atoms with Gasteiger partial charge in [0.05, 0.1) is 6.54 Å². The molecule has 0 amide bonds. The molecular formula is C12H22Cl2N4O2. The number of halogens is 2. The number of hydrogen-bond donors (Lipinski definition) is 1. The van der Waals surface area contributed by atoms with Crippen LogP contribution in [0.4, 0.5) is 0 Å². The highest BCUT2D eigenvalue weighted by Gasteiger charge is 2.29. The number of hydrogen-bond acceptors (Lipinski definition) is 6. The molecule has 1 aromatic rings. The molecule has 4 rings (SSSR count). The van der Waals surface area contributed by atoms with Crippen molar-refractivity contribution < 1.29 is 9.26 Å². The van der Waals surface area contributed by atoms with Gasteiger partial charge in [0, 0.05) is 26.2 Å². The Labute approximate surface area is 131 Å². The zero-order valence-corrected chi connectivity index (χ0v) is 13.2. The Balaban J connectivity index is 0.000001000. The van der Waals surface area contributed by atoms with Gasteiger partial charge in [0.15, 0.2) is 5.82 Å². The van der Waals surface area contributed by atoms with Gasteiger partial charge in [-0.2, -0.15) is 4.98 Å². The summed E-state index contributed by atoms with van der Waals surface area (Å²) < 4.78 is 10.1. The van der Waals surface area contributed by atoms with Gasteiger partial charge in [-0.25, -0.2) is 0 Å². The third-order valence-corrected chi connectivity index (χ3v) is 3.76. The Morgan fingerprint density at radius 2 is 2.20 bits per heavy atom. The summed E-state index contributed by atoms with van der Waals surface area (Å²) in [5, 5.41) is 7.60. The highest BCUT2D eigenvalue weighted by molar-refractivity contribution is 5.85. The summed E-state index contributed by atoms with van der Waals surface area (Å²) in [4.78, 5) is 6.76. The number of ether oxygens (including phenoxy) is 1. The van der Waals surface area contributed by atoms with Gasteiger partial charge in [0.1, 0.15) is 6.61 Å². The SMILES string of the molecule is COCc1nc(CN2C[C@H]3CC[C@@H](C2)NC3)no1.Cl.Cl. The van der Waals surface area contributed by atoms with Gasteiger partial charge in [0.2, 0.25) is 0 Å². The molecule has 20 heavy (non-hydrogen) atoms. The van der Waals surface area contributed by atoms with Crippen LogP contribution in [0.5, 0.6) is 0 Å². The maximum Gasteiger partial charge on any atom is 0.252 e. The first-order valence-electron chi connectivity index (χ1n) is 6.59. The molecule has 6 nitrogen and oxygen atoms in total. The van der Waals surface area contributed by atoms with E-state index >= 15 is 0 Å². The molecular weight excluding hydrogens is 303 g/mol. The van der Waals surface area contributed by atoms with Crippen molar-refractivity contribution in [1.82, 2.24) is 20.4 Å². The monoisotopic (exact) mass is 324 g/mol. The van der Waals surface area contributed by atoms with Crippen molar-refractivity contribution in [2.24, 2.45) is 5.92 Å². The third kappa shape index (κ3) is 4.30. The first-order chi connectivity index (χ1) is 8.83. The lowest BCUT2D eigenvalue weighted by atomic mass is 9.97. The second-order valence-corrected chi connectivity index (χ2v) is 5.28. The van der Waals surface area contributed by atoms with Crippen molar-refractivity contribution in [3.8, 4) is 0 Å². The molecule has 1 aromatic heterocycles. The summed E-state index contributed by atoms with van der Waals surface area (Å²) in [6.45, 7) is 4.55. The Morgan fingerprint density at radius 1 is 1.35 bits per heavy atom. The Morgan fingerprint density at radius 3 is 2.90 bits per heavy atom. The van der Waals surface area contributed by atoms with Gasteiger partial charge in [-0.3, -0.25) is 4.90 Å². The second kappa shape index (κ2) is 8.14. The van der Waals surface area contributed by atoms with Gasteiger partial charge in [0.25, 0.3) is 5.89 Å². The summed E-state index contributed by atoms with van der Waals surface area (Å²) in [6.07, 6.45) is 2.64. The largest absolute Gasteiger partial charge is 0.375 e. The van der Waals surface area contributed by atoms with E-state index in [4.69, 9.17) is 9.26 Å². The summed E-state index contributed by atoms with van der Waals surface area (Å²) in [5.41, 5.74) is 0. The van der Waals surface area contributed by atoms with Crippen molar-refractivity contribution in [2.45, 2.75) is 32.0 Å². The molecule has 3 fully saturated rings. The van der Waals surface area contributed by atoms with E-state index in [1.807, 2.05) is 0 Å². The van der Waals surface area contributed by atoms with E-state index in [2.05, 4.69) is 20.4 Å². The number of nitrogens with zero attached hydrogens (tertiary/aromatic N) is 3. The molecule has 3 saturated heterocycles. The van der Waals surface area contributed by atoms with Crippen molar-refractivity contribution in [3.05, 3.63) is 11.7 Å². The second-order valence-electron chi connectivity index (χ2n) is 5.28. The normalized spacial score (nSPS) is 25.6. The molecule has 2 atom stereocenters. The average molecular weight is 325 g/mol. The predicted molar refractivity (Wildman–Crippen MR) is 79.3 cm³/mol. The maximum absolute atomic E-state index is 5.12. The number of methoxy groups -OCH3 is 1. The molecule has 1 N–H and O–H groups in total. The molecule has 0 aliphatic carbocycles. The summed E-state index contributed by atoms with van der Waals surface area (Å²) in [6, 6.07) is 0.633. The molecule has 3 aliphatic rings. The molecule has 0 radical (unpaired) electrons. The molecule has 8 heteroatoms. The number of fused-ring (bicyclic) bond motifs is 4. The Bertz CT molecular complexity index is 383.